The summed E-state index contributed by atoms with van der Waals surface area (Å²) in [6.45, 7) is 6.36. The SMILES string of the molecule is CC(C)(C)n1cc(NC(=O)CCNC(=O)c2ccc(Br)cc2)cn1. The van der Waals surface area contributed by atoms with E-state index in [2.05, 4.69) is 31.7 Å². The van der Waals surface area contributed by atoms with Crippen molar-refractivity contribution in [3.63, 3.8) is 0 Å². The van der Waals surface area contributed by atoms with E-state index in [1.807, 2.05) is 20.8 Å². The minimum atomic E-state index is -0.198. The van der Waals surface area contributed by atoms with Gasteiger partial charge in [0.25, 0.3) is 5.91 Å². The molecule has 1 heterocycles. The Morgan fingerprint density at radius 3 is 2.46 bits per heavy atom. The average molecular weight is 393 g/mol. The van der Waals surface area contributed by atoms with Crippen LogP contribution in [0.5, 0.6) is 0 Å². The van der Waals surface area contributed by atoms with Gasteiger partial charge in [-0.15, -0.1) is 0 Å². The fourth-order valence-corrected chi connectivity index (χ4v) is 2.23. The predicted octanol–water partition coefficient (Wildman–Crippen LogP) is 3.16. The third kappa shape index (κ3) is 5.19. The number of rotatable bonds is 5. The minimum absolute atomic E-state index is 0.137. The number of nitrogens with zero attached hydrogens (tertiary/aromatic N) is 2. The summed E-state index contributed by atoms with van der Waals surface area (Å²) in [5.41, 5.74) is 1.07. The van der Waals surface area contributed by atoms with Crippen LogP contribution in [0.3, 0.4) is 0 Å². The van der Waals surface area contributed by atoms with Gasteiger partial charge in [-0.3, -0.25) is 14.3 Å². The maximum absolute atomic E-state index is 11.9. The van der Waals surface area contributed by atoms with Crippen LogP contribution in [-0.4, -0.2) is 28.1 Å². The Labute approximate surface area is 149 Å². The molecule has 1 aromatic heterocycles. The number of halogens is 1. The van der Waals surface area contributed by atoms with Crippen molar-refractivity contribution in [3.8, 4) is 0 Å². The number of amides is 2. The number of anilines is 1. The smallest absolute Gasteiger partial charge is 0.251 e. The van der Waals surface area contributed by atoms with Crippen LogP contribution in [0.1, 0.15) is 37.6 Å². The highest BCUT2D eigenvalue weighted by molar-refractivity contribution is 9.10. The Morgan fingerprint density at radius 1 is 1.21 bits per heavy atom. The second-order valence-corrected chi connectivity index (χ2v) is 7.32. The standard InChI is InChI=1S/C17H21BrN4O2/c1-17(2,3)22-11-14(10-20-22)21-15(23)8-9-19-16(24)12-4-6-13(18)7-5-12/h4-7,10-11H,8-9H2,1-3H3,(H,19,24)(H,21,23). The highest BCUT2D eigenvalue weighted by Crippen LogP contribution is 2.15. The predicted molar refractivity (Wildman–Crippen MR) is 96.9 cm³/mol. The molecule has 6 nitrogen and oxygen atoms in total. The molecule has 2 aromatic rings. The van der Waals surface area contributed by atoms with Crippen molar-refractivity contribution >= 4 is 33.4 Å². The summed E-state index contributed by atoms with van der Waals surface area (Å²) in [6.07, 6.45) is 3.60. The number of hydrogen-bond donors (Lipinski definition) is 2. The molecular formula is C17H21BrN4O2. The van der Waals surface area contributed by atoms with Crippen LogP contribution in [0.25, 0.3) is 0 Å². The molecule has 1 aromatic carbocycles. The lowest BCUT2D eigenvalue weighted by Crippen LogP contribution is -2.27. The third-order valence-corrected chi connectivity index (χ3v) is 3.83. The summed E-state index contributed by atoms with van der Waals surface area (Å²) in [4.78, 5) is 23.9. The zero-order valence-electron chi connectivity index (χ0n) is 14.0. The first-order valence-corrected chi connectivity index (χ1v) is 8.44. The fourth-order valence-electron chi connectivity index (χ4n) is 1.97. The zero-order chi connectivity index (χ0) is 17.7. The maximum Gasteiger partial charge on any atom is 0.251 e. The quantitative estimate of drug-likeness (QED) is 0.820. The number of carbonyl (C=O) groups excluding carboxylic acids is 2. The summed E-state index contributed by atoms with van der Waals surface area (Å²) >= 11 is 3.32. The van der Waals surface area contributed by atoms with Gasteiger partial charge in [-0.1, -0.05) is 15.9 Å². The van der Waals surface area contributed by atoms with Gasteiger partial charge in [0.1, 0.15) is 0 Å². The van der Waals surface area contributed by atoms with Crippen molar-refractivity contribution in [1.29, 1.82) is 0 Å². The van der Waals surface area contributed by atoms with E-state index >= 15 is 0 Å². The second-order valence-electron chi connectivity index (χ2n) is 6.41. The van der Waals surface area contributed by atoms with Gasteiger partial charge in [-0.2, -0.15) is 5.10 Å². The molecule has 0 aliphatic carbocycles. The molecule has 0 aliphatic heterocycles. The first-order chi connectivity index (χ1) is 11.3. The van der Waals surface area contributed by atoms with Crippen LogP contribution in [0.4, 0.5) is 5.69 Å². The van der Waals surface area contributed by atoms with Crippen LogP contribution >= 0.6 is 15.9 Å². The maximum atomic E-state index is 11.9. The molecule has 0 bridgehead atoms. The number of carbonyl (C=O) groups is 2. The normalized spacial score (nSPS) is 11.2. The molecule has 128 valence electrons. The average Bonchev–Trinajstić information content (AvgIpc) is 2.96. The Kier molecular flexibility index (Phi) is 5.77. The van der Waals surface area contributed by atoms with Crippen molar-refractivity contribution in [2.45, 2.75) is 32.7 Å². The molecule has 0 atom stereocenters. The van der Waals surface area contributed by atoms with Crippen molar-refractivity contribution in [2.24, 2.45) is 0 Å². The molecule has 0 unspecified atom stereocenters. The van der Waals surface area contributed by atoms with E-state index in [1.54, 1.807) is 41.3 Å². The van der Waals surface area contributed by atoms with Crippen molar-refractivity contribution in [1.82, 2.24) is 15.1 Å². The van der Waals surface area contributed by atoms with E-state index in [0.29, 0.717) is 11.3 Å². The molecule has 0 fully saturated rings. The molecule has 2 rings (SSSR count). The molecule has 2 amide bonds. The first kappa shape index (κ1) is 18.2. The van der Waals surface area contributed by atoms with Gasteiger partial charge in [-0.25, -0.2) is 0 Å². The summed E-state index contributed by atoms with van der Waals surface area (Å²) in [5.74, 6) is -0.365. The lowest BCUT2D eigenvalue weighted by molar-refractivity contribution is -0.116. The van der Waals surface area contributed by atoms with Gasteiger partial charge in [0.15, 0.2) is 0 Å². The van der Waals surface area contributed by atoms with Crippen LogP contribution in [0.2, 0.25) is 0 Å². The Morgan fingerprint density at radius 2 is 1.88 bits per heavy atom. The van der Waals surface area contributed by atoms with Crippen LogP contribution in [-0.2, 0) is 10.3 Å². The lowest BCUT2D eigenvalue weighted by atomic mass is 10.1. The van der Waals surface area contributed by atoms with E-state index in [1.165, 1.54) is 0 Å². The van der Waals surface area contributed by atoms with Crippen molar-refractivity contribution in [3.05, 3.63) is 46.7 Å². The van der Waals surface area contributed by atoms with Gasteiger partial charge in [0.2, 0.25) is 5.91 Å². The first-order valence-electron chi connectivity index (χ1n) is 7.64. The number of benzene rings is 1. The number of nitrogens with one attached hydrogen (secondary N) is 2. The molecule has 0 aliphatic rings. The van der Waals surface area contributed by atoms with E-state index in [0.717, 1.165) is 4.47 Å². The van der Waals surface area contributed by atoms with Gasteiger partial charge in [0, 0.05) is 29.2 Å². The Balaban J connectivity index is 1.78. The van der Waals surface area contributed by atoms with Crippen molar-refractivity contribution < 1.29 is 9.59 Å². The highest BCUT2D eigenvalue weighted by atomic mass is 79.9. The zero-order valence-corrected chi connectivity index (χ0v) is 15.6. The largest absolute Gasteiger partial charge is 0.352 e. The molecule has 24 heavy (non-hydrogen) atoms. The van der Waals surface area contributed by atoms with Crippen LogP contribution in [0, 0.1) is 0 Å². The summed E-state index contributed by atoms with van der Waals surface area (Å²) in [5, 5.41) is 9.73. The van der Waals surface area contributed by atoms with E-state index in [9.17, 15) is 9.59 Å². The molecular weight excluding hydrogens is 372 g/mol. The van der Waals surface area contributed by atoms with Gasteiger partial charge in [-0.05, 0) is 45.0 Å². The van der Waals surface area contributed by atoms with Crippen molar-refractivity contribution in [2.75, 3.05) is 11.9 Å². The van der Waals surface area contributed by atoms with Crippen LogP contribution < -0.4 is 10.6 Å². The van der Waals surface area contributed by atoms with Gasteiger partial charge >= 0.3 is 0 Å². The topological polar surface area (TPSA) is 76.0 Å². The minimum Gasteiger partial charge on any atom is -0.352 e. The summed E-state index contributed by atoms with van der Waals surface area (Å²) in [6, 6.07) is 7.05. The van der Waals surface area contributed by atoms with Crippen LogP contribution in [0.15, 0.2) is 41.1 Å². The summed E-state index contributed by atoms with van der Waals surface area (Å²) in [7, 11) is 0. The molecule has 0 radical (unpaired) electrons. The molecule has 0 spiro atoms. The Bertz CT molecular complexity index is 717. The molecule has 7 heteroatoms. The van der Waals surface area contributed by atoms with Gasteiger partial charge < -0.3 is 10.6 Å². The highest BCUT2D eigenvalue weighted by Gasteiger charge is 2.14. The fraction of sp³-hybridized carbons (Fsp3) is 0.353. The number of aromatic nitrogens is 2. The molecule has 2 N–H and O–H groups in total. The lowest BCUT2D eigenvalue weighted by Gasteiger charge is -2.18. The third-order valence-electron chi connectivity index (χ3n) is 3.30. The second kappa shape index (κ2) is 7.61. The van der Waals surface area contributed by atoms with E-state index in [4.69, 9.17) is 0 Å². The monoisotopic (exact) mass is 392 g/mol. The van der Waals surface area contributed by atoms with E-state index in [-0.39, 0.29) is 30.3 Å². The molecule has 0 saturated carbocycles. The molecule has 0 saturated heterocycles. The summed E-state index contributed by atoms with van der Waals surface area (Å²) < 4.78 is 2.70. The number of hydrogen-bond acceptors (Lipinski definition) is 3. The Hall–Kier alpha value is -2.15. The van der Waals surface area contributed by atoms with Gasteiger partial charge in [0.05, 0.1) is 17.4 Å². The van der Waals surface area contributed by atoms with E-state index < -0.39 is 0 Å².